The second-order valence-electron chi connectivity index (χ2n) is 8.94. The monoisotopic (exact) mass is 445 g/mol. The van der Waals surface area contributed by atoms with Gasteiger partial charge in [0.2, 0.25) is 0 Å². The molecule has 1 amide bonds. The van der Waals surface area contributed by atoms with E-state index in [0.29, 0.717) is 11.6 Å². The van der Waals surface area contributed by atoms with Crippen molar-refractivity contribution in [3.63, 3.8) is 0 Å². The summed E-state index contributed by atoms with van der Waals surface area (Å²) in [5.41, 5.74) is 2.30. The molecular formula is C28H33N2O3. The molecule has 5 heteroatoms. The highest BCUT2D eigenvalue weighted by Gasteiger charge is 2.22. The van der Waals surface area contributed by atoms with Crippen LogP contribution < -0.4 is 14.8 Å². The average Bonchev–Trinajstić information content (AvgIpc) is 2.82. The Morgan fingerprint density at radius 2 is 1.85 bits per heavy atom. The Balaban J connectivity index is 1.31. The number of carbonyl (C=O) groups is 1. The summed E-state index contributed by atoms with van der Waals surface area (Å²) in [6.45, 7) is 8.58. The number of ether oxygens (including phenoxy) is 2. The van der Waals surface area contributed by atoms with E-state index in [2.05, 4.69) is 30.5 Å². The molecule has 2 aromatic carbocycles. The number of nitrogens with zero attached hydrogens (tertiary/aromatic N) is 1. The van der Waals surface area contributed by atoms with Gasteiger partial charge in [-0.3, -0.25) is 4.79 Å². The van der Waals surface area contributed by atoms with Crippen molar-refractivity contribution in [2.75, 3.05) is 18.4 Å². The first-order valence-electron chi connectivity index (χ1n) is 11.8. The van der Waals surface area contributed by atoms with Crippen LogP contribution in [0.4, 0.5) is 5.69 Å². The van der Waals surface area contributed by atoms with Crippen molar-refractivity contribution in [1.82, 2.24) is 4.90 Å². The third kappa shape index (κ3) is 6.26. The summed E-state index contributed by atoms with van der Waals surface area (Å²) in [7, 11) is 0. The molecular weight excluding hydrogens is 412 g/mol. The Labute approximate surface area is 197 Å². The van der Waals surface area contributed by atoms with E-state index in [0.717, 1.165) is 60.9 Å². The fraction of sp³-hybridized carbons (Fsp3) is 0.357. The van der Waals surface area contributed by atoms with Crippen LogP contribution in [0.25, 0.3) is 0 Å². The summed E-state index contributed by atoms with van der Waals surface area (Å²) in [6, 6.07) is 13.7. The van der Waals surface area contributed by atoms with Crippen molar-refractivity contribution in [2.24, 2.45) is 0 Å². The lowest BCUT2D eigenvalue weighted by Gasteiger charge is -2.34. The summed E-state index contributed by atoms with van der Waals surface area (Å²) in [4.78, 5) is 15.2. The van der Waals surface area contributed by atoms with Crippen LogP contribution in [0, 0.1) is 13.3 Å². The first-order chi connectivity index (χ1) is 16.0. The highest BCUT2D eigenvalue weighted by atomic mass is 16.5. The van der Waals surface area contributed by atoms with Crippen molar-refractivity contribution >= 4 is 11.6 Å². The number of allylic oxidation sites excluding steroid dienone is 3. The Bertz CT molecular complexity index is 1020. The van der Waals surface area contributed by atoms with Gasteiger partial charge in [-0.05, 0) is 107 Å². The molecule has 1 aliphatic carbocycles. The maximum atomic E-state index is 12.7. The van der Waals surface area contributed by atoms with Gasteiger partial charge in [0.05, 0.1) is 0 Å². The fourth-order valence-electron chi connectivity index (χ4n) is 4.13. The molecule has 1 N–H and O–H groups in total. The lowest BCUT2D eigenvalue weighted by Crippen LogP contribution is -2.41. The fourth-order valence-corrected chi connectivity index (χ4v) is 4.13. The number of hydrogen-bond acceptors (Lipinski definition) is 4. The van der Waals surface area contributed by atoms with E-state index in [1.807, 2.05) is 67.6 Å². The lowest BCUT2D eigenvalue weighted by molar-refractivity contribution is 0.0843. The third-order valence-electron chi connectivity index (χ3n) is 6.14. The van der Waals surface area contributed by atoms with Gasteiger partial charge in [-0.1, -0.05) is 6.08 Å². The molecule has 0 atom stereocenters. The number of carbonyl (C=O) groups excluding carboxylic acids is 1. The highest BCUT2D eigenvalue weighted by Crippen LogP contribution is 2.26. The zero-order valence-electron chi connectivity index (χ0n) is 19.7. The van der Waals surface area contributed by atoms with Crippen LogP contribution in [0.15, 0.2) is 66.5 Å². The number of rotatable bonds is 7. The van der Waals surface area contributed by atoms with Gasteiger partial charge >= 0.3 is 0 Å². The number of benzene rings is 2. The van der Waals surface area contributed by atoms with Gasteiger partial charge in [0.15, 0.2) is 0 Å². The van der Waals surface area contributed by atoms with Crippen molar-refractivity contribution in [1.29, 1.82) is 0 Å². The zero-order valence-corrected chi connectivity index (χ0v) is 19.7. The van der Waals surface area contributed by atoms with Crippen molar-refractivity contribution in [2.45, 2.75) is 52.2 Å². The van der Waals surface area contributed by atoms with Gasteiger partial charge in [0.1, 0.15) is 23.4 Å². The molecule has 33 heavy (non-hydrogen) atoms. The number of aryl methyl sites for hydroxylation is 1. The highest BCUT2D eigenvalue weighted by molar-refractivity contribution is 6.04. The SMILES string of the molecule is Cc1cc(NC(=O)c2ccc(OC3CCN(C(C)C)CC3)cc2)ccc1OC1=CC[CH]C=C1. The molecule has 5 nitrogen and oxygen atoms in total. The van der Waals surface area contributed by atoms with Crippen LogP contribution in [-0.2, 0) is 0 Å². The molecule has 1 aliphatic heterocycles. The molecule has 0 unspecified atom stereocenters. The molecule has 1 saturated heterocycles. The number of hydrogen-bond donors (Lipinski definition) is 1. The molecule has 0 spiro atoms. The number of amides is 1. The summed E-state index contributed by atoms with van der Waals surface area (Å²) in [5, 5.41) is 2.97. The molecule has 0 bridgehead atoms. The lowest BCUT2D eigenvalue weighted by atomic mass is 10.1. The predicted molar refractivity (Wildman–Crippen MR) is 133 cm³/mol. The number of anilines is 1. The number of likely N-dealkylation sites (tertiary alicyclic amines) is 1. The molecule has 1 radical (unpaired) electrons. The van der Waals surface area contributed by atoms with Gasteiger partial charge in [-0.25, -0.2) is 0 Å². The predicted octanol–water partition coefficient (Wildman–Crippen LogP) is 5.93. The maximum Gasteiger partial charge on any atom is 0.255 e. The van der Waals surface area contributed by atoms with Gasteiger partial charge in [-0.2, -0.15) is 0 Å². The largest absolute Gasteiger partial charge is 0.490 e. The molecule has 1 fully saturated rings. The molecule has 1 heterocycles. The van der Waals surface area contributed by atoms with E-state index in [1.54, 1.807) is 0 Å². The van der Waals surface area contributed by atoms with Crippen molar-refractivity contribution < 1.29 is 14.3 Å². The number of nitrogens with one attached hydrogen (secondary N) is 1. The van der Waals surface area contributed by atoms with E-state index in [-0.39, 0.29) is 12.0 Å². The maximum absolute atomic E-state index is 12.7. The Kier molecular flexibility index (Phi) is 7.50. The Hall–Kier alpha value is -3.05. The summed E-state index contributed by atoms with van der Waals surface area (Å²) >= 11 is 0. The van der Waals surface area contributed by atoms with E-state index in [1.165, 1.54) is 0 Å². The molecule has 0 aromatic heterocycles. The van der Waals surface area contributed by atoms with E-state index in [9.17, 15) is 4.79 Å². The topological polar surface area (TPSA) is 50.8 Å². The van der Waals surface area contributed by atoms with Gasteiger partial charge < -0.3 is 19.7 Å². The molecule has 2 aliphatic rings. The quantitative estimate of drug-likeness (QED) is 0.574. The summed E-state index contributed by atoms with van der Waals surface area (Å²) in [5.74, 6) is 2.29. The Morgan fingerprint density at radius 1 is 1.09 bits per heavy atom. The van der Waals surface area contributed by atoms with Gasteiger partial charge in [0, 0.05) is 30.4 Å². The molecule has 173 valence electrons. The minimum absolute atomic E-state index is 0.145. The van der Waals surface area contributed by atoms with Gasteiger partial charge in [0.25, 0.3) is 5.91 Å². The summed E-state index contributed by atoms with van der Waals surface area (Å²) in [6.07, 6.45) is 11.2. The zero-order chi connectivity index (χ0) is 23.2. The average molecular weight is 446 g/mol. The minimum Gasteiger partial charge on any atom is -0.490 e. The third-order valence-corrected chi connectivity index (χ3v) is 6.14. The van der Waals surface area contributed by atoms with Crippen molar-refractivity contribution in [3.05, 3.63) is 84.0 Å². The van der Waals surface area contributed by atoms with Crippen LogP contribution >= 0.6 is 0 Å². The standard InChI is InChI=1S/C28H33N2O3/c1-20(2)30-17-15-26(16-18-30)32-25-12-9-22(10-13-25)28(31)29-23-11-14-27(21(3)19-23)33-24-7-5-4-6-8-24/h4-5,7-14,19-20,26H,6,15-18H2,1-3H3,(H,29,31). The summed E-state index contributed by atoms with van der Waals surface area (Å²) < 4.78 is 12.1. The van der Waals surface area contributed by atoms with E-state index in [4.69, 9.17) is 9.47 Å². The smallest absolute Gasteiger partial charge is 0.255 e. The first kappa shape index (κ1) is 23.1. The van der Waals surface area contributed by atoms with Crippen LogP contribution in [0.5, 0.6) is 11.5 Å². The molecule has 4 rings (SSSR count). The van der Waals surface area contributed by atoms with Crippen molar-refractivity contribution in [3.8, 4) is 11.5 Å². The second-order valence-corrected chi connectivity index (χ2v) is 8.94. The Morgan fingerprint density at radius 3 is 2.48 bits per heavy atom. The first-order valence-corrected chi connectivity index (χ1v) is 11.8. The normalized spacial score (nSPS) is 17.0. The number of piperidine rings is 1. The molecule has 0 saturated carbocycles. The molecule has 2 aromatic rings. The minimum atomic E-state index is -0.145. The second kappa shape index (κ2) is 10.7. The van der Waals surface area contributed by atoms with E-state index < -0.39 is 0 Å². The van der Waals surface area contributed by atoms with Crippen LogP contribution in [0.2, 0.25) is 0 Å². The van der Waals surface area contributed by atoms with Crippen LogP contribution in [-0.4, -0.2) is 36.0 Å². The van der Waals surface area contributed by atoms with Crippen LogP contribution in [0.3, 0.4) is 0 Å². The van der Waals surface area contributed by atoms with Gasteiger partial charge in [-0.15, -0.1) is 0 Å². The van der Waals surface area contributed by atoms with Crippen LogP contribution in [0.1, 0.15) is 49.0 Å². The van der Waals surface area contributed by atoms with E-state index >= 15 is 0 Å².